The Morgan fingerprint density at radius 2 is 1.70 bits per heavy atom. The number of aliphatic hydroxyl groups excluding tert-OH is 2. The molecule has 4 N–H and O–H groups in total. The molecule has 1 saturated heterocycles. The monoisotopic (exact) mass is 661 g/mol. The molecule has 5 atom stereocenters. The quantitative estimate of drug-likeness (QED) is 0.203. The zero-order valence-electron chi connectivity index (χ0n) is 25.1. The van der Waals surface area contributed by atoms with Crippen molar-refractivity contribution in [2.24, 2.45) is 26.7 Å². The molecule has 3 aliphatic heterocycles. The molecule has 43 heavy (non-hydrogen) atoms. The van der Waals surface area contributed by atoms with Crippen LogP contribution < -0.4 is 5.73 Å². The molecular formula is C26H40N5O9PS2. The molecule has 14 nitrogen and oxygen atoms in total. The van der Waals surface area contributed by atoms with Crippen molar-refractivity contribution in [3.05, 3.63) is 11.8 Å². The lowest BCUT2D eigenvalue weighted by molar-refractivity contribution is -0.118. The van der Waals surface area contributed by atoms with Crippen LogP contribution in [0.1, 0.15) is 48.0 Å². The molecule has 1 unspecified atom stereocenters. The Hall–Kier alpha value is -1.80. The van der Waals surface area contributed by atoms with Crippen molar-refractivity contribution < 1.29 is 42.7 Å². The predicted octanol–water partition coefficient (Wildman–Crippen LogP) is 2.41. The third kappa shape index (κ3) is 8.47. The van der Waals surface area contributed by atoms with E-state index in [4.69, 9.17) is 24.0 Å². The number of aliphatic imine (C=N–C) groups is 1. The van der Waals surface area contributed by atoms with Crippen molar-refractivity contribution in [3.63, 3.8) is 0 Å². The van der Waals surface area contributed by atoms with Crippen LogP contribution in [0, 0.1) is 22.2 Å². The Morgan fingerprint density at radius 1 is 1.14 bits per heavy atom. The van der Waals surface area contributed by atoms with Crippen LogP contribution in [-0.2, 0) is 32.5 Å². The van der Waals surface area contributed by atoms with Crippen molar-refractivity contribution >= 4 is 53.8 Å². The molecule has 0 aliphatic carbocycles. The summed E-state index contributed by atoms with van der Waals surface area (Å²) in [7, 11) is -4.31. The minimum absolute atomic E-state index is 0.0789. The van der Waals surface area contributed by atoms with E-state index >= 15 is 0 Å². The van der Waals surface area contributed by atoms with Gasteiger partial charge in [-0.1, -0.05) is 71.1 Å². The van der Waals surface area contributed by atoms with Gasteiger partial charge in [0, 0.05) is 22.3 Å². The molecule has 3 aliphatic rings. The van der Waals surface area contributed by atoms with Gasteiger partial charge < -0.3 is 20.7 Å². The molecule has 0 aromatic heterocycles. The van der Waals surface area contributed by atoms with Gasteiger partial charge in [0.25, 0.3) is 0 Å². The lowest BCUT2D eigenvalue weighted by Gasteiger charge is -2.36. The normalized spacial score (nSPS) is 27.5. The van der Waals surface area contributed by atoms with Crippen LogP contribution in [0.5, 0.6) is 0 Å². The highest BCUT2D eigenvalue weighted by molar-refractivity contribution is 8.14. The Balaban J connectivity index is 1.67. The van der Waals surface area contributed by atoms with Crippen LogP contribution >= 0.6 is 31.3 Å². The van der Waals surface area contributed by atoms with Crippen LogP contribution in [0.4, 0.5) is 0 Å². The highest BCUT2D eigenvalue weighted by atomic mass is 32.2. The van der Waals surface area contributed by atoms with Gasteiger partial charge in [-0.3, -0.25) is 28.2 Å². The minimum Gasteiger partial charge on any atom is -0.387 e. The summed E-state index contributed by atoms with van der Waals surface area (Å²) in [6.07, 6.45) is -1.45. The Kier molecular flexibility index (Phi) is 11.7. The minimum atomic E-state index is -4.31. The number of fused-ring (bicyclic) bond motifs is 1. The SMILES string of the molecule is CC(C)(C)C(=O)SCCOP(=O)(OCCSC(=O)C(C)(C)C)OC[C@H]1O[C@@](C#N)(C2CC=C3C(N)=NC=NN32)[C@H](O)[C@@H]1O. The van der Waals surface area contributed by atoms with Gasteiger partial charge in [-0.2, -0.15) is 10.4 Å². The van der Waals surface area contributed by atoms with Gasteiger partial charge in [0.05, 0.1) is 25.5 Å². The van der Waals surface area contributed by atoms with Crippen LogP contribution in [0.3, 0.4) is 0 Å². The summed E-state index contributed by atoms with van der Waals surface area (Å²) in [5.41, 5.74) is 3.28. The maximum absolute atomic E-state index is 13.6. The largest absolute Gasteiger partial charge is 0.474 e. The van der Waals surface area contributed by atoms with Gasteiger partial charge in [-0.05, 0) is 6.42 Å². The molecule has 0 amide bonds. The maximum atomic E-state index is 13.6. The molecule has 3 rings (SSSR count). The van der Waals surface area contributed by atoms with Crippen LogP contribution in [-0.4, -0.2) is 98.9 Å². The standard InChI is InChI=1S/C26H40N5O9PS2/c1-24(2,3)22(34)42-11-9-37-41(36,38-10-12-43-23(35)25(4,5)6)39-13-17-19(32)20(33)26(14-27,40-17)18-8-7-16-21(28)29-15-30-31(16)18/h7,15,17-20,32-33H,8-13H2,1-6H3,(H2,28,29,30)/t17-,18?,19-,20-,26+/m1/s1. The number of aliphatic hydroxyl groups is 2. The number of thioether (sulfide) groups is 2. The fourth-order valence-corrected chi connectivity index (χ4v) is 7.21. The number of nitrogens with zero attached hydrogens (tertiary/aromatic N) is 4. The Morgan fingerprint density at radius 3 is 2.21 bits per heavy atom. The lowest BCUT2D eigenvalue weighted by Crippen LogP contribution is -2.56. The van der Waals surface area contributed by atoms with E-state index in [1.165, 1.54) is 11.3 Å². The topological polar surface area (TPSA) is 206 Å². The van der Waals surface area contributed by atoms with E-state index in [1.54, 1.807) is 47.6 Å². The van der Waals surface area contributed by atoms with Crippen molar-refractivity contribution in [1.82, 2.24) is 5.01 Å². The smallest absolute Gasteiger partial charge is 0.387 e. The van der Waals surface area contributed by atoms with Crippen molar-refractivity contribution in [2.75, 3.05) is 31.3 Å². The fourth-order valence-electron chi connectivity index (χ4n) is 4.21. The van der Waals surface area contributed by atoms with E-state index in [0.717, 1.165) is 23.5 Å². The number of phosphoric acid groups is 1. The first kappa shape index (κ1) is 35.7. The van der Waals surface area contributed by atoms with Crippen LogP contribution in [0.25, 0.3) is 0 Å². The van der Waals surface area contributed by atoms with E-state index in [1.807, 2.05) is 6.07 Å². The second-order valence-electron chi connectivity index (χ2n) is 12.1. The Labute approximate surface area is 260 Å². The number of carbonyl (C=O) groups excluding carboxylic acids is 2. The molecule has 0 spiro atoms. The summed E-state index contributed by atoms with van der Waals surface area (Å²) < 4.78 is 36.0. The number of hydrogen-bond acceptors (Lipinski definition) is 16. The molecule has 1 fully saturated rings. The number of carbonyl (C=O) groups is 2. The van der Waals surface area contributed by atoms with Crippen molar-refractivity contribution in [3.8, 4) is 6.07 Å². The van der Waals surface area contributed by atoms with Gasteiger partial charge >= 0.3 is 7.82 Å². The van der Waals surface area contributed by atoms with Gasteiger partial charge in [-0.15, -0.1) is 0 Å². The van der Waals surface area contributed by atoms with E-state index in [9.17, 15) is 29.6 Å². The number of amidine groups is 1. The third-order valence-electron chi connectivity index (χ3n) is 6.63. The van der Waals surface area contributed by atoms with E-state index in [0.29, 0.717) is 5.70 Å². The van der Waals surface area contributed by atoms with Crippen LogP contribution in [0.2, 0.25) is 0 Å². The first-order chi connectivity index (χ1) is 19.9. The molecule has 3 heterocycles. The average Bonchev–Trinajstić information content (AvgIpc) is 3.47. The fraction of sp³-hybridized carbons (Fsp3) is 0.731. The number of rotatable bonds is 12. The number of ether oxygens (including phenoxy) is 1. The van der Waals surface area contributed by atoms with Crippen LogP contribution in [0.15, 0.2) is 21.9 Å². The molecule has 0 saturated carbocycles. The molecule has 0 bridgehead atoms. The van der Waals surface area contributed by atoms with E-state index in [-0.39, 0.29) is 47.2 Å². The molecule has 17 heteroatoms. The number of nitriles is 1. The zero-order valence-corrected chi connectivity index (χ0v) is 27.6. The Bertz CT molecular complexity index is 1200. The molecular weight excluding hydrogens is 621 g/mol. The van der Waals surface area contributed by atoms with Crippen molar-refractivity contribution in [2.45, 2.75) is 77.9 Å². The third-order valence-corrected chi connectivity index (χ3v) is 10.6. The maximum Gasteiger partial charge on any atom is 0.474 e. The summed E-state index contributed by atoms with van der Waals surface area (Å²) in [5.74, 6) is 0.518. The van der Waals surface area contributed by atoms with Gasteiger partial charge in [0.2, 0.25) is 5.60 Å². The number of nitrogens with two attached hydrogens (primary N) is 1. The second-order valence-corrected chi connectivity index (χ2v) is 15.9. The molecule has 0 aromatic rings. The molecule has 0 radical (unpaired) electrons. The number of hydrogen-bond donors (Lipinski definition) is 3. The lowest BCUT2D eigenvalue weighted by atomic mass is 9.87. The summed E-state index contributed by atoms with van der Waals surface area (Å²) in [6.45, 7) is 9.78. The second kappa shape index (κ2) is 14.1. The van der Waals surface area contributed by atoms with E-state index < -0.39 is 55.2 Å². The van der Waals surface area contributed by atoms with Crippen molar-refractivity contribution in [1.29, 1.82) is 5.26 Å². The number of phosphoric ester groups is 1. The summed E-state index contributed by atoms with van der Waals surface area (Å²) >= 11 is 2.02. The number of hydrazone groups is 1. The van der Waals surface area contributed by atoms with Gasteiger partial charge in [0.15, 0.2) is 16.1 Å². The average molecular weight is 662 g/mol. The highest BCUT2D eigenvalue weighted by Gasteiger charge is 2.62. The highest BCUT2D eigenvalue weighted by Crippen LogP contribution is 2.51. The molecule has 0 aromatic carbocycles. The summed E-state index contributed by atoms with van der Waals surface area (Å²) in [6, 6.07) is 1.14. The zero-order chi connectivity index (χ0) is 32.2. The summed E-state index contributed by atoms with van der Waals surface area (Å²) in [4.78, 5) is 28.4. The van der Waals surface area contributed by atoms with Gasteiger partial charge in [0.1, 0.15) is 36.8 Å². The summed E-state index contributed by atoms with van der Waals surface area (Å²) in [5, 5.41) is 37.4. The van der Waals surface area contributed by atoms with E-state index in [2.05, 4.69) is 10.1 Å². The predicted molar refractivity (Wildman–Crippen MR) is 163 cm³/mol. The van der Waals surface area contributed by atoms with Gasteiger partial charge in [-0.25, -0.2) is 9.56 Å². The first-order valence-electron chi connectivity index (χ1n) is 13.6. The molecule has 240 valence electrons. The first-order valence-corrected chi connectivity index (χ1v) is 17.1.